The number of nitrogens with one attached hydrogen (secondary N) is 1. The van der Waals surface area contributed by atoms with Crippen LogP contribution in [0.15, 0.2) is 48.8 Å². The van der Waals surface area contributed by atoms with Gasteiger partial charge in [-0.15, -0.1) is 0 Å². The highest BCUT2D eigenvalue weighted by atomic mass is 16.5. The number of rotatable bonds is 7. The van der Waals surface area contributed by atoms with Crippen LogP contribution in [-0.2, 0) is 22.7 Å². The highest BCUT2D eigenvalue weighted by Crippen LogP contribution is 2.28. The predicted molar refractivity (Wildman–Crippen MR) is 115 cm³/mol. The van der Waals surface area contributed by atoms with Crippen LogP contribution in [-0.4, -0.2) is 63.3 Å². The Morgan fingerprint density at radius 2 is 2.03 bits per heavy atom. The summed E-state index contributed by atoms with van der Waals surface area (Å²) in [6.45, 7) is 4.52. The molecule has 1 aromatic carbocycles. The van der Waals surface area contributed by atoms with Crippen molar-refractivity contribution in [3.63, 3.8) is 0 Å². The zero-order valence-electron chi connectivity index (χ0n) is 17.3. The zero-order chi connectivity index (χ0) is 21.0. The molecule has 4 aromatic rings. The van der Waals surface area contributed by atoms with Gasteiger partial charge in [-0.05, 0) is 24.3 Å². The monoisotopic (exact) mass is 420 g/mol. The third kappa shape index (κ3) is 4.29. The van der Waals surface area contributed by atoms with Crippen molar-refractivity contribution in [3.05, 3.63) is 54.5 Å². The first-order valence-electron chi connectivity index (χ1n) is 10.2. The minimum Gasteiger partial charge on any atom is -0.439 e. The number of methoxy groups -OCH3 is 1. The topological polar surface area (TPSA) is 90.3 Å². The number of aromatic amines is 1. The van der Waals surface area contributed by atoms with Gasteiger partial charge in [-0.25, -0.2) is 9.67 Å². The highest BCUT2D eigenvalue weighted by molar-refractivity contribution is 5.83. The van der Waals surface area contributed by atoms with Crippen LogP contribution in [0.3, 0.4) is 0 Å². The SMILES string of the molecule is COCn1nc(CN2CCOCC2)c2ccc(Oc3ccc(-c4ccn[nH]4)cn3)cc21. The first-order valence-corrected chi connectivity index (χ1v) is 10.2. The first kappa shape index (κ1) is 19.7. The second-order valence-electron chi connectivity index (χ2n) is 7.39. The average Bonchev–Trinajstić information content (AvgIpc) is 3.45. The lowest BCUT2D eigenvalue weighted by atomic mass is 10.2. The van der Waals surface area contributed by atoms with Crippen molar-refractivity contribution >= 4 is 10.9 Å². The van der Waals surface area contributed by atoms with Gasteiger partial charge in [-0.3, -0.25) is 10.00 Å². The van der Waals surface area contributed by atoms with E-state index in [9.17, 15) is 0 Å². The summed E-state index contributed by atoms with van der Waals surface area (Å²) in [7, 11) is 1.67. The zero-order valence-corrected chi connectivity index (χ0v) is 17.3. The van der Waals surface area contributed by atoms with E-state index in [-0.39, 0.29) is 0 Å². The van der Waals surface area contributed by atoms with Crippen LogP contribution in [0.2, 0.25) is 0 Å². The van der Waals surface area contributed by atoms with Crippen LogP contribution in [0.1, 0.15) is 5.69 Å². The lowest BCUT2D eigenvalue weighted by molar-refractivity contribution is 0.0335. The Hall–Kier alpha value is -3.27. The average molecular weight is 420 g/mol. The second kappa shape index (κ2) is 8.84. The van der Waals surface area contributed by atoms with Gasteiger partial charge in [0, 0.05) is 62.2 Å². The van der Waals surface area contributed by atoms with Gasteiger partial charge in [0.05, 0.1) is 30.1 Å². The van der Waals surface area contributed by atoms with Crippen LogP contribution in [0.4, 0.5) is 0 Å². The number of hydrogen-bond donors (Lipinski definition) is 1. The Balaban J connectivity index is 1.38. The predicted octanol–water partition coefficient (Wildman–Crippen LogP) is 3.05. The van der Waals surface area contributed by atoms with Crippen molar-refractivity contribution in [3.8, 4) is 22.9 Å². The van der Waals surface area contributed by atoms with E-state index in [1.54, 1.807) is 19.5 Å². The van der Waals surface area contributed by atoms with E-state index in [2.05, 4.69) is 26.1 Å². The standard InChI is InChI=1S/C22H24N6O3/c1-29-15-28-21-12-17(31-22-5-2-16(13-23-22)19-6-7-24-25-19)3-4-18(21)20(26-28)14-27-8-10-30-11-9-27/h2-7,12-13H,8-11,14-15H2,1H3,(H,24,25). The first-order chi connectivity index (χ1) is 15.3. The molecule has 4 heterocycles. The molecule has 0 amide bonds. The Kier molecular flexibility index (Phi) is 5.61. The Labute approximate surface area is 179 Å². The number of morpholine rings is 1. The largest absolute Gasteiger partial charge is 0.439 e. The van der Waals surface area contributed by atoms with Gasteiger partial charge in [0.2, 0.25) is 5.88 Å². The molecule has 1 saturated heterocycles. The van der Waals surface area contributed by atoms with Gasteiger partial charge in [-0.1, -0.05) is 0 Å². The van der Waals surface area contributed by atoms with Crippen molar-refractivity contribution in [1.82, 2.24) is 29.9 Å². The van der Waals surface area contributed by atoms with E-state index in [0.717, 1.165) is 60.7 Å². The summed E-state index contributed by atoms with van der Waals surface area (Å²) in [4.78, 5) is 6.77. The molecule has 0 bridgehead atoms. The molecule has 0 unspecified atom stereocenters. The molecule has 31 heavy (non-hydrogen) atoms. The maximum atomic E-state index is 6.01. The Bertz CT molecular complexity index is 1130. The van der Waals surface area contributed by atoms with Crippen LogP contribution >= 0.6 is 0 Å². The molecule has 0 radical (unpaired) electrons. The lowest BCUT2D eigenvalue weighted by Gasteiger charge is -2.25. The number of H-pyrrole nitrogens is 1. The van der Waals surface area contributed by atoms with E-state index in [0.29, 0.717) is 18.4 Å². The van der Waals surface area contributed by atoms with E-state index in [1.807, 2.05) is 35.0 Å². The molecule has 1 N–H and O–H groups in total. The molecule has 3 aromatic heterocycles. The number of fused-ring (bicyclic) bond motifs is 1. The van der Waals surface area contributed by atoms with E-state index in [1.165, 1.54) is 0 Å². The maximum Gasteiger partial charge on any atom is 0.219 e. The second-order valence-corrected chi connectivity index (χ2v) is 7.39. The summed E-state index contributed by atoms with van der Waals surface area (Å²) >= 11 is 0. The van der Waals surface area contributed by atoms with E-state index in [4.69, 9.17) is 19.3 Å². The number of ether oxygens (including phenoxy) is 3. The minimum absolute atomic E-state index is 0.375. The van der Waals surface area contributed by atoms with Gasteiger partial charge in [0.1, 0.15) is 12.5 Å². The molecule has 9 nitrogen and oxygen atoms in total. The van der Waals surface area contributed by atoms with Crippen molar-refractivity contribution in [2.75, 3.05) is 33.4 Å². The summed E-state index contributed by atoms with van der Waals surface area (Å²) in [6.07, 6.45) is 3.47. The van der Waals surface area contributed by atoms with Crippen molar-refractivity contribution < 1.29 is 14.2 Å². The van der Waals surface area contributed by atoms with Gasteiger partial charge < -0.3 is 14.2 Å². The van der Waals surface area contributed by atoms with Gasteiger partial charge in [-0.2, -0.15) is 10.2 Å². The minimum atomic E-state index is 0.375. The van der Waals surface area contributed by atoms with Gasteiger partial charge in [0.15, 0.2) is 0 Å². The van der Waals surface area contributed by atoms with E-state index < -0.39 is 0 Å². The maximum absolute atomic E-state index is 6.01. The number of pyridine rings is 1. The molecule has 1 aliphatic heterocycles. The van der Waals surface area contributed by atoms with Gasteiger partial charge >= 0.3 is 0 Å². The molecular weight excluding hydrogens is 396 g/mol. The summed E-state index contributed by atoms with van der Waals surface area (Å²) in [5.74, 6) is 1.22. The number of benzene rings is 1. The van der Waals surface area contributed by atoms with Crippen LogP contribution in [0, 0.1) is 0 Å². The van der Waals surface area contributed by atoms with Crippen LogP contribution in [0.25, 0.3) is 22.2 Å². The summed E-state index contributed by atoms with van der Waals surface area (Å²) in [6, 6.07) is 11.7. The third-order valence-electron chi connectivity index (χ3n) is 5.30. The summed E-state index contributed by atoms with van der Waals surface area (Å²) in [5.41, 5.74) is 3.86. The van der Waals surface area contributed by atoms with Crippen molar-refractivity contribution in [2.24, 2.45) is 0 Å². The number of hydrogen-bond acceptors (Lipinski definition) is 7. The van der Waals surface area contributed by atoms with Crippen LogP contribution < -0.4 is 4.74 Å². The molecule has 160 valence electrons. The fourth-order valence-electron chi connectivity index (χ4n) is 3.73. The molecule has 1 aliphatic rings. The van der Waals surface area contributed by atoms with Crippen LogP contribution in [0.5, 0.6) is 11.6 Å². The van der Waals surface area contributed by atoms with Crippen molar-refractivity contribution in [1.29, 1.82) is 0 Å². The lowest BCUT2D eigenvalue weighted by Crippen LogP contribution is -2.35. The smallest absolute Gasteiger partial charge is 0.219 e. The molecular formula is C22H24N6O3. The molecule has 0 spiro atoms. The molecule has 0 saturated carbocycles. The Morgan fingerprint density at radius 3 is 2.77 bits per heavy atom. The van der Waals surface area contributed by atoms with Crippen molar-refractivity contribution in [2.45, 2.75) is 13.3 Å². The molecule has 5 rings (SSSR count). The summed E-state index contributed by atoms with van der Waals surface area (Å²) in [5, 5.41) is 12.8. The van der Waals surface area contributed by atoms with Gasteiger partial charge in [0.25, 0.3) is 0 Å². The number of nitrogens with zero attached hydrogens (tertiary/aromatic N) is 5. The molecule has 0 aliphatic carbocycles. The van der Waals surface area contributed by atoms with E-state index >= 15 is 0 Å². The Morgan fingerprint density at radius 1 is 1.13 bits per heavy atom. The molecule has 1 fully saturated rings. The summed E-state index contributed by atoms with van der Waals surface area (Å²) < 4.78 is 18.7. The quantitative estimate of drug-likeness (QED) is 0.491. The fraction of sp³-hybridized carbons (Fsp3) is 0.318. The normalized spacial score (nSPS) is 14.9. The fourth-order valence-corrected chi connectivity index (χ4v) is 3.73. The molecule has 0 atom stereocenters. The molecule has 9 heteroatoms. The number of aromatic nitrogens is 5. The highest BCUT2D eigenvalue weighted by Gasteiger charge is 2.17. The third-order valence-corrected chi connectivity index (χ3v) is 5.30.